The molecule has 170 valence electrons. The van der Waals surface area contributed by atoms with Gasteiger partial charge < -0.3 is 20.9 Å². The first-order valence-corrected chi connectivity index (χ1v) is 11.1. The van der Waals surface area contributed by atoms with E-state index < -0.39 is 0 Å². The fourth-order valence-corrected chi connectivity index (χ4v) is 3.97. The fraction of sp³-hybridized carbons (Fsp3) is 0.500. The quantitative estimate of drug-likeness (QED) is 0.568. The molecule has 32 heavy (non-hydrogen) atoms. The number of nitrogens with one attached hydrogen (secondary N) is 1. The van der Waals surface area contributed by atoms with E-state index in [9.17, 15) is 4.79 Å². The van der Waals surface area contributed by atoms with Gasteiger partial charge in [-0.1, -0.05) is 19.4 Å². The van der Waals surface area contributed by atoms with Crippen LogP contribution in [0.2, 0.25) is 0 Å². The second kappa shape index (κ2) is 9.47. The lowest BCUT2D eigenvalue weighted by Gasteiger charge is -2.29. The van der Waals surface area contributed by atoms with Crippen molar-refractivity contribution in [1.29, 1.82) is 0 Å². The Hall–Kier alpha value is -3.27. The Balaban J connectivity index is 1.59. The van der Waals surface area contributed by atoms with Crippen LogP contribution in [0.1, 0.15) is 47.2 Å². The van der Waals surface area contributed by atoms with E-state index in [-0.39, 0.29) is 17.5 Å². The number of carbonyl (C=O) groups excluding carboxylic acids is 1. The Morgan fingerprint density at radius 1 is 1.25 bits per heavy atom. The number of amides is 1. The first kappa shape index (κ1) is 21.9. The number of aryl methyl sites for hydroxylation is 1. The highest BCUT2D eigenvalue weighted by molar-refractivity contribution is 5.90. The van der Waals surface area contributed by atoms with Gasteiger partial charge in [0.25, 0.3) is 5.91 Å². The third-order valence-corrected chi connectivity index (χ3v) is 5.75. The van der Waals surface area contributed by atoms with Gasteiger partial charge in [0, 0.05) is 52.4 Å². The molecule has 0 unspecified atom stereocenters. The summed E-state index contributed by atoms with van der Waals surface area (Å²) in [5, 5.41) is 7.84. The number of unbranched alkanes of at least 4 members (excludes halogenated alkanes) is 1. The standard InChI is InChI=1S/C22H31N9O/c1-4-5-8-29(3)22(32)19-27-18(23)21-26-14-17(31(21)28-19)12-16-11-15(2)20(25-13-16)30-9-6-24-7-10-30/h11,13-14,24H,4-10,12H2,1-3H3,(H2,23,27,28). The lowest BCUT2D eigenvalue weighted by molar-refractivity contribution is 0.0779. The number of fused-ring (bicyclic) bond motifs is 1. The van der Waals surface area contributed by atoms with Crippen LogP contribution >= 0.6 is 0 Å². The number of nitrogens with zero attached hydrogens (tertiary/aromatic N) is 7. The number of hydrogen-bond donors (Lipinski definition) is 2. The molecule has 0 aliphatic carbocycles. The summed E-state index contributed by atoms with van der Waals surface area (Å²) in [6.45, 7) is 8.69. The van der Waals surface area contributed by atoms with Gasteiger partial charge in [-0.05, 0) is 24.5 Å². The summed E-state index contributed by atoms with van der Waals surface area (Å²) in [5.41, 5.74) is 9.57. The number of carbonyl (C=O) groups is 1. The van der Waals surface area contributed by atoms with Gasteiger partial charge in [0.15, 0.2) is 11.5 Å². The summed E-state index contributed by atoms with van der Waals surface area (Å²) >= 11 is 0. The molecule has 0 spiro atoms. The Labute approximate surface area is 187 Å². The summed E-state index contributed by atoms with van der Waals surface area (Å²) < 4.78 is 1.63. The topological polar surface area (TPSA) is 118 Å². The van der Waals surface area contributed by atoms with Gasteiger partial charge in [-0.2, -0.15) is 0 Å². The molecule has 3 aromatic rings. The predicted octanol–water partition coefficient (Wildman–Crippen LogP) is 1.28. The first-order chi connectivity index (χ1) is 15.5. The van der Waals surface area contributed by atoms with E-state index in [1.54, 1.807) is 22.7 Å². The van der Waals surface area contributed by atoms with Gasteiger partial charge in [-0.3, -0.25) is 4.79 Å². The molecule has 10 nitrogen and oxygen atoms in total. The number of hydrogen-bond acceptors (Lipinski definition) is 8. The van der Waals surface area contributed by atoms with Crippen molar-refractivity contribution < 1.29 is 4.79 Å². The van der Waals surface area contributed by atoms with E-state index in [1.807, 2.05) is 6.20 Å². The lowest BCUT2D eigenvalue weighted by atomic mass is 10.1. The third-order valence-electron chi connectivity index (χ3n) is 5.75. The van der Waals surface area contributed by atoms with E-state index in [0.717, 1.165) is 61.7 Å². The van der Waals surface area contributed by atoms with Crippen LogP contribution in [0.4, 0.5) is 11.6 Å². The van der Waals surface area contributed by atoms with Crippen LogP contribution in [0.15, 0.2) is 18.5 Å². The number of nitrogen functional groups attached to an aromatic ring is 1. The van der Waals surface area contributed by atoms with E-state index in [2.05, 4.69) is 45.2 Å². The highest BCUT2D eigenvalue weighted by Gasteiger charge is 2.20. The van der Waals surface area contributed by atoms with Crippen molar-refractivity contribution in [3.63, 3.8) is 0 Å². The summed E-state index contributed by atoms with van der Waals surface area (Å²) in [7, 11) is 1.75. The Kier molecular flexibility index (Phi) is 6.50. The van der Waals surface area contributed by atoms with Crippen molar-refractivity contribution >= 4 is 23.2 Å². The van der Waals surface area contributed by atoms with Crippen LogP contribution in [0, 0.1) is 6.92 Å². The molecule has 0 bridgehead atoms. The molecule has 4 heterocycles. The molecule has 0 aromatic carbocycles. The highest BCUT2D eigenvalue weighted by atomic mass is 16.2. The molecule has 3 aromatic heterocycles. The average Bonchev–Trinajstić information content (AvgIpc) is 3.20. The van der Waals surface area contributed by atoms with Crippen LogP contribution in [0.5, 0.6) is 0 Å². The second-order valence-corrected chi connectivity index (χ2v) is 8.28. The predicted molar refractivity (Wildman–Crippen MR) is 124 cm³/mol. The van der Waals surface area contributed by atoms with Crippen molar-refractivity contribution in [1.82, 2.24) is 34.8 Å². The summed E-state index contributed by atoms with van der Waals surface area (Å²) in [5.74, 6) is 1.06. The molecular formula is C22H31N9O. The smallest absolute Gasteiger partial charge is 0.293 e. The van der Waals surface area contributed by atoms with Gasteiger partial charge in [-0.25, -0.2) is 19.5 Å². The molecular weight excluding hydrogens is 406 g/mol. The number of nitrogens with two attached hydrogens (primary N) is 1. The molecule has 0 atom stereocenters. The normalized spacial score (nSPS) is 14.2. The van der Waals surface area contributed by atoms with E-state index in [0.29, 0.717) is 18.6 Å². The number of anilines is 2. The van der Waals surface area contributed by atoms with Crippen LogP contribution in [0.25, 0.3) is 5.65 Å². The van der Waals surface area contributed by atoms with Gasteiger partial charge in [0.2, 0.25) is 5.82 Å². The Morgan fingerprint density at radius 2 is 2.03 bits per heavy atom. The van der Waals surface area contributed by atoms with Crippen molar-refractivity contribution in [2.24, 2.45) is 0 Å². The number of pyridine rings is 1. The maximum atomic E-state index is 12.8. The van der Waals surface area contributed by atoms with Crippen molar-refractivity contribution in [3.8, 4) is 0 Å². The van der Waals surface area contributed by atoms with Crippen LogP contribution < -0.4 is 16.0 Å². The zero-order chi connectivity index (χ0) is 22.7. The molecule has 1 aliphatic rings. The molecule has 1 aliphatic heterocycles. The number of rotatable bonds is 7. The molecule has 10 heteroatoms. The summed E-state index contributed by atoms with van der Waals surface area (Å²) in [4.78, 5) is 30.0. The van der Waals surface area contributed by atoms with Gasteiger partial charge in [0.05, 0.1) is 11.9 Å². The summed E-state index contributed by atoms with van der Waals surface area (Å²) in [6, 6.07) is 2.15. The van der Waals surface area contributed by atoms with E-state index >= 15 is 0 Å². The largest absolute Gasteiger partial charge is 0.380 e. The van der Waals surface area contributed by atoms with E-state index in [4.69, 9.17) is 10.7 Å². The van der Waals surface area contributed by atoms with Crippen LogP contribution in [-0.2, 0) is 6.42 Å². The molecule has 1 amide bonds. The Morgan fingerprint density at radius 3 is 2.75 bits per heavy atom. The maximum Gasteiger partial charge on any atom is 0.293 e. The third kappa shape index (κ3) is 4.50. The molecule has 0 radical (unpaired) electrons. The molecule has 3 N–H and O–H groups in total. The van der Waals surface area contributed by atoms with Crippen LogP contribution in [0.3, 0.4) is 0 Å². The van der Waals surface area contributed by atoms with Gasteiger partial charge in [-0.15, -0.1) is 5.10 Å². The number of piperazine rings is 1. The van der Waals surface area contributed by atoms with Crippen molar-refractivity contribution in [2.45, 2.75) is 33.1 Å². The van der Waals surface area contributed by atoms with Gasteiger partial charge >= 0.3 is 0 Å². The zero-order valence-corrected chi connectivity index (χ0v) is 19.0. The first-order valence-electron chi connectivity index (χ1n) is 11.1. The zero-order valence-electron chi connectivity index (χ0n) is 19.0. The molecule has 1 fully saturated rings. The average molecular weight is 438 g/mol. The fourth-order valence-electron chi connectivity index (χ4n) is 3.97. The van der Waals surface area contributed by atoms with E-state index in [1.165, 1.54) is 0 Å². The van der Waals surface area contributed by atoms with Crippen molar-refractivity contribution in [3.05, 3.63) is 41.1 Å². The minimum Gasteiger partial charge on any atom is -0.380 e. The van der Waals surface area contributed by atoms with Gasteiger partial charge in [0.1, 0.15) is 5.82 Å². The maximum absolute atomic E-state index is 12.8. The number of aromatic nitrogens is 5. The highest BCUT2D eigenvalue weighted by Crippen LogP contribution is 2.21. The second-order valence-electron chi connectivity index (χ2n) is 8.28. The molecule has 4 rings (SSSR count). The number of imidazole rings is 1. The molecule has 1 saturated heterocycles. The Bertz CT molecular complexity index is 1100. The minimum absolute atomic E-state index is 0.0798. The SMILES string of the molecule is CCCCN(C)C(=O)c1nc(N)c2ncc(Cc3cnc(N4CCNCC4)c(C)c3)n2n1. The monoisotopic (exact) mass is 437 g/mol. The lowest BCUT2D eigenvalue weighted by Crippen LogP contribution is -2.44. The van der Waals surface area contributed by atoms with Crippen LogP contribution in [-0.4, -0.2) is 75.1 Å². The molecule has 0 saturated carbocycles. The minimum atomic E-state index is -0.246. The summed E-state index contributed by atoms with van der Waals surface area (Å²) in [6.07, 6.45) is 6.14. The van der Waals surface area contributed by atoms with Crippen molar-refractivity contribution in [2.75, 3.05) is 50.4 Å².